The van der Waals surface area contributed by atoms with Crippen LogP contribution in [0.15, 0.2) is 18.2 Å². The summed E-state index contributed by atoms with van der Waals surface area (Å²) in [6, 6.07) is 4.05. The number of hydrogen-bond acceptors (Lipinski definition) is 2. The number of hydrogen-bond donors (Lipinski definition) is 1. The van der Waals surface area contributed by atoms with Gasteiger partial charge in [-0.05, 0) is 30.4 Å². The highest BCUT2D eigenvalue weighted by molar-refractivity contribution is 5.21. The minimum Gasteiger partial charge on any atom is -0.383 e. The zero-order valence-electron chi connectivity index (χ0n) is 12.6. The lowest BCUT2D eigenvalue weighted by Crippen LogP contribution is -2.35. The van der Waals surface area contributed by atoms with Gasteiger partial charge in [-0.2, -0.15) is 0 Å². The van der Waals surface area contributed by atoms with Gasteiger partial charge < -0.3 is 10.1 Å². The molecular weight excluding hydrogens is 260 g/mol. The Hall–Kier alpha value is -1.00. The van der Waals surface area contributed by atoms with Gasteiger partial charge in [0.05, 0.1) is 6.61 Å². The van der Waals surface area contributed by atoms with E-state index in [1.165, 1.54) is 18.2 Å². The first-order valence-electron chi connectivity index (χ1n) is 7.15. The predicted molar refractivity (Wildman–Crippen MR) is 77.8 cm³/mol. The summed E-state index contributed by atoms with van der Waals surface area (Å²) in [5.74, 6) is -0.909. The number of methoxy groups -OCH3 is 1. The number of benzene rings is 1. The number of nitrogens with one attached hydrogen (secondary N) is 1. The molecule has 0 fully saturated rings. The van der Waals surface area contributed by atoms with Crippen molar-refractivity contribution in [1.29, 1.82) is 0 Å². The van der Waals surface area contributed by atoms with Crippen LogP contribution in [0.3, 0.4) is 0 Å². The summed E-state index contributed by atoms with van der Waals surface area (Å²) < 4.78 is 32.6. The van der Waals surface area contributed by atoms with Crippen LogP contribution in [-0.2, 0) is 11.2 Å². The minimum absolute atomic E-state index is 0.161. The average molecular weight is 285 g/mol. The van der Waals surface area contributed by atoms with Gasteiger partial charge >= 0.3 is 0 Å². The largest absolute Gasteiger partial charge is 0.383 e. The van der Waals surface area contributed by atoms with Gasteiger partial charge in [0.25, 0.3) is 0 Å². The Balaban J connectivity index is 2.74. The van der Waals surface area contributed by atoms with E-state index in [0.29, 0.717) is 13.0 Å². The van der Waals surface area contributed by atoms with Gasteiger partial charge in [-0.15, -0.1) is 0 Å². The van der Waals surface area contributed by atoms with Gasteiger partial charge in [0.15, 0.2) is 0 Å². The van der Waals surface area contributed by atoms with Crippen LogP contribution in [0.2, 0.25) is 0 Å². The van der Waals surface area contributed by atoms with Crippen molar-refractivity contribution >= 4 is 0 Å². The molecule has 1 aromatic rings. The van der Waals surface area contributed by atoms with Crippen molar-refractivity contribution in [2.24, 2.45) is 5.41 Å². The molecule has 2 nitrogen and oxygen atoms in total. The first-order chi connectivity index (χ1) is 9.52. The topological polar surface area (TPSA) is 21.3 Å². The third-order valence-corrected chi connectivity index (χ3v) is 3.55. The Bertz CT molecular complexity index is 391. The first kappa shape index (κ1) is 17.1. The van der Waals surface area contributed by atoms with Crippen molar-refractivity contribution in [1.82, 2.24) is 5.32 Å². The normalized spacial score (nSPS) is 14.2. The first-order valence-corrected chi connectivity index (χ1v) is 7.15. The molecule has 1 aromatic carbocycles. The average Bonchev–Trinajstić information content (AvgIpc) is 2.40. The molecule has 0 heterocycles. The molecule has 1 rings (SSSR count). The van der Waals surface area contributed by atoms with E-state index in [4.69, 9.17) is 4.74 Å². The Morgan fingerprint density at radius 1 is 1.25 bits per heavy atom. The van der Waals surface area contributed by atoms with Crippen LogP contribution in [0.5, 0.6) is 0 Å². The summed E-state index contributed by atoms with van der Waals surface area (Å²) in [4.78, 5) is 0. The van der Waals surface area contributed by atoms with Crippen LogP contribution in [-0.4, -0.2) is 26.8 Å². The van der Waals surface area contributed by atoms with Crippen LogP contribution in [0.4, 0.5) is 8.78 Å². The molecular formula is C16H25F2NO. The maximum absolute atomic E-state index is 13.8. The van der Waals surface area contributed by atoms with E-state index in [-0.39, 0.29) is 11.0 Å². The van der Waals surface area contributed by atoms with E-state index in [2.05, 4.69) is 19.2 Å². The molecule has 0 bridgehead atoms. The smallest absolute Gasteiger partial charge is 0.129 e. The number of rotatable bonds is 9. The Labute approximate surface area is 120 Å². The van der Waals surface area contributed by atoms with E-state index < -0.39 is 11.6 Å². The Morgan fingerprint density at radius 2 is 1.90 bits per heavy atom. The SMILES string of the molecule is CCCC(C)(CNCCOC)Cc1c(F)cccc1F. The lowest BCUT2D eigenvalue weighted by molar-refractivity contribution is 0.189. The zero-order valence-corrected chi connectivity index (χ0v) is 12.6. The van der Waals surface area contributed by atoms with Crippen molar-refractivity contribution in [2.45, 2.75) is 33.1 Å². The second-order valence-electron chi connectivity index (χ2n) is 5.61. The van der Waals surface area contributed by atoms with E-state index in [1.54, 1.807) is 7.11 Å². The molecule has 0 saturated carbocycles. The van der Waals surface area contributed by atoms with Gasteiger partial charge in [-0.25, -0.2) is 8.78 Å². The maximum atomic E-state index is 13.8. The fourth-order valence-electron chi connectivity index (χ4n) is 2.54. The summed E-state index contributed by atoms with van der Waals surface area (Å²) in [5, 5.41) is 3.30. The molecule has 1 unspecified atom stereocenters. The molecule has 0 saturated heterocycles. The van der Waals surface area contributed by atoms with E-state index >= 15 is 0 Å². The molecule has 4 heteroatoms. The third kappa shape index (κ3) is 5.17. The van der Waals surface area contributed by atoms with Gasteiger partial charge in [0.2, 0.25) is 0 Å². The summed E-state index contributed by atoms with van der Waals surface area (Å²) in [5.41, 5.74) is 0.0305. The van der Waals surface area contributed by atoms with E-state index in [0.717, 1.165) is 25.9 Å². The summed E-state index contributed by atoms with van der Waals surface area (Å²) >= 11 is 0. The standard InChI is InChI=1S/C16H25F2NO/c1-4-8-16(2,12-19-9-10-20-3)11-13-14(17)6-5-7-15(13)18/h5-7,19H,4,8-12H2,1-3H3. The molecule has 0 spiro atoms. The van der Waals surface area contributed by atoms with Crippen molar-refractivity contribution < 1.29 is 13.5 Å². The van der Waals surface area contributed by atoms with Crippen LogP contribution < -0.4 is 5.32 Å². The lowest BCUT2D eigenvalue weighted by atomic mass is 9.79. The van der Waals surface area contributed by atoms with Gasteiger partial charge in [0.1, 0.15) is 11.6 Å². The van der Waals surface area contributed by atoms with Crippen LogP contribution in [0.1, 0.15) is 32.3 Å². The van der Waals surface area contributed by atoms with Gasteiger partial charge in [-0.1, -0.05) is 26.3 Å². The molecule has 1 atom stereocenters. The van der Waals surface area contributed by atoms with E-state index in [9.17, 15) is 8.78 Å². The highest BCUT2D eigenvalue weighted by Crippen LogP contribution is 2.29. The van der Waals surface area contributed by atoms with Crippen molar-refractivity contribution in [3.63, 3.8) is 0 Å². The number of ether oxygens (including phenoxy) is 1. The molecule has 20 heavy (non-hydrogen) atoms. The van der Waals surface area contributed by atoms with Crippen LogP contribution in [0, 0.1) is 17.0 Å². The lowest BCUT2D eigenvalue weighted by Gasteiger charge is -2.30. The van der Waals surface area contributed by atoms with Crippen molar-refractivity contribution in [3.05, 3.63) is 35.4 Å². The quantitative estimate of drug-likeness (QED) is 0.701. The van der Waals surface area contributed by atoms with Crippen LogP contribution >= 0.6 is 0 Å². The molecule has 114 valence electrons. The molecule has 0 amide bonds. The molecule has 1 N–H and O–H groups in total. The highest BCUT2D eigenvalue weighted by Gasteiger charge is 2.26. The zero-order chi connectivity index (χ0) is 15.0. The maximum Gasteiger partial charge on any atom is 0.129 e. The Morgan fingerprint density at radius 3 is 2.45 bits per heavy atom. The molecule has 0 aliphatic heterocycles. The van der Waals surface area contributed by atoms with Crippen molar-refractivity contribution in [2.75, 3.05) is 26.8 Å². The second kappa shape index (κ2) is 8.32. The van der Waals surface area contributed by atoms with Crippen LogP contribution in [0.25, 0.3) is 0 Å². The monoisotopic (exact) mass is 285 g/mol. The summed E-state index contributed by atoms with van der Waals surface area (Å²) in [7, 11) is 1.65. The summed E-state index contributed by atoms with van der Waals surface area (Å²) in [6.07, 6.45) is 2.30. The minimum atomic E-state index is -0.454. The predicted octanol–water partition coefficient (Wildman–Crippen LogP) is 3.55. The molecule has 0 aliphatic carbocycles. The van der Waals surface area contributed by atoms with E-state index in [1.807, 2.05) is 0 Å². The van der Waals surface area contributed by atoms with Gasteiger partial charge in [0, 0.05) is 25.8 Å². The second-order valence-corrected chi connectivity index (χ2v) is 5.61. The molecule has 0 aromatic heterocycles. The fourth-order valence-corrected chi connectivity index (χ4v) is 2.54. The third-order valence-electron chi connectivity index (χ3n) is 3.55. The molecule has 0 radical (unpaired) electrons. The Kier molecular flexibility index (Phi) is 7.10. The fraction of sp³-hybridized carbons (Fsp3) is 0.625. The highest BCUT2D eigenvalue weighted by atomic mass is 19.1. The molecule has 0 aliphatic rings. The van der Waals surface area contributed by atoms with Gasteiger partial charge in [-0.3, -0.25) is 0 Å². The summed E-state index contributed by atoms with van der Waals surface area (Å²) in [6.45, 7) is 6.26. The van der Waals surface area contributed by atoms with Crippen molar-refractivity contribution in [3.8, 4) is 0 Å². The number of halogens is 2.